The molecule has 0 unspecified atom stereocenters. The van der Waals surface area contributed by atoms with E-state index < -0.39 is 12.1 Å². The molecule has 0 spiro atoms. The van der Waals surface area contributed by atoms with E-state index in [0.29, 0.717) is 5.69 Å². The summed E-state index contributed by atoms with van der Waals surface area (Å²) < 4.78 is 0. The van der Waals surface area contributed by atoms with Gasteiger partial charge in [-0.15, -0.1) is 0 Å². The van der Waals surface area contributed by atoms with Crippen LogP contribution in [0.1, 0.15) is 31.7 Å². The van der Waals surface area contributed by atoms with E-state index in [2.05, 4.69) is 17.6 Å². The molecule has 0 heterocycles. The molecule has 5 nitrogen and oxygen atoms in total. The molecule has 0 aromatic heterocycles. The topological polar surface area (TPSA) is 81.6 Å². The van der Waals surface area contributed by atoms with Gasteiger partial charge in [0.25, 0.3) is 0 Å². The fourth-order valence-electron chi connectivity index (χ4n) is 1.78. The number of hydrogen-bond donors (Lipinski definition) is 4. The molecule has 0 aliphatic rings. The highest BCUT2D eigenvalue weighted by Crippen LogP contribution is 2.12. The minimum Gasteiger partial charge on any atom is -0.394 e. The van der Waals surface area contributed by atoms with E-state index >= 15 is 0 Å². The Labute approximate surface area is 120 Å². The lowest BCUT2D eigenvalue weighted by atomic mass is 10.1. The summed E-state index contributed by atoms with van der Waals surface area (Å²) in [5.74, 6) is 0. The molecule has 20 heavy (non-hydrogen) atoms. The van der Waals surface area contributed by atoms with Gasteiger partial charge >= 0.3 is 6.03 Å². The summed E-state index contributed by atoms with van der Waals surface area (Å²) in [5, 5.41) is 22.9. The molecule has 0 fully saturated rings. The predicted molar refractivity (Wildman–Crippen MR) is 79.8 cm³/mol. The largest absolute Gasteiger partial charge is 0.394 e. The molecule has 0 saturated heterocycles. The van der Waals surface area contributed by atoms with Crippen LogP contribution in [0.5, 0.6) is 0 Å². The Bertz CT molecular complexity index is 393. The third kappa shape index (κ3) is 6.54. The third-order valence-electron chi connectivity index (χ3n) is 2.99. The summed E-state index contributed by atoms with van der Waals surface area (Å²) in [7, 11) is 0. The molecule has 0 aliphatic heterocycles. The van der Waals surface area contributed by atoms with Crippen LogP contribution in [0.15, 0.2) is 24.3 Å². The highest BCUT2D eigenvalue weighted by atomic mass is 16.3. The molecule has 0 aliphatic carbocycles. The van der Waals surface area contributed by atoms with E-state index in [1.54, 1.807) is 0 Å². The Kier molecular flexibility index (Phi) is 7.69. The maximum atomic E-state index is 11.5. The van der Waals surface area contributed by atoms with Gasteiger partial charge in [0.1, 0.15) is 0 Å². The fourth-order valence-corrected chi connectivity index (χ4v) is 1.78. The zero-order chi connectivity index (χ0) is 14.8. The average molecular weight is 280 g/mol. The molecule has 112 valence electrons. The second-order valence-corrected chi connectivity index (χ2v) is 4.83. The van der Waals surface area contributed by atoms with Crippen LogP contribution in [0.3, 0.4) is 0 Å². The van der Waals surface area contributed by atoms with Crippen LogP contribution in [0.2, 0.25) is 0 Å². The van der Waals surface area contributed by atoms with Crippen LogP contribution < -0.4 is 10.6 Å². The number of anilines is 1. The van der Waals surface area contributed by atoms with Gasteiger partial charge < -0.3 is 20.8 Å². The van der Waals surface area contributed by atoms with Crippen molar-refractivity contribution >= 4 is 11.7 Å². The van der Waals surface area contributed by atoms with Crippen LogP contribution in [-0.2, 0) is 6.42 Å². The van der Waals surface area contributed by atoms with Gasteiger partial charge in [0.15, 0.2) is 0 Å². The van der Waals surface area contributed by atoms with Crippen LogP contribution >= 0.6 is 0 Å². The van der Waals surface area contributed by atoms with Crippen molar-refractivity contribution < 1.29 is 15.0 Å². The van der Waals surface area contributed by atoms with Crippen LogP contribution in [0.25, 0.3) is 0 Å². The number of aliphatic hydroxyl groups is 2. The Morgan fingerprint density at radius 2 is 1.95 bits per heavy atom. The molecule has 1 atom stereocenters. The van der Waals surface area contributed by atoms with Crippen molar-refractivity contribution in [1.82, 2.24) is 5.32 Å². The van der Waals surface area contributed by atoms with Crippen LogP contribution in [0.4, 0.5) is 10.5 Å². The summed E-state index contributed by atoms with van der Waals surface area (Å²) in [6.45, 7) is 1.84. The lowest BCUT2D eigenvalue weighted by Gasteiger charge is -2.10. The monoisotopic (exact) mass is 280 g/mol. The zero-order valence-electron chi connectivity index (χ0n) is 11.9. The van der Waals surface area contributed by atoms with Crippen molar-refractivity contribution in [2.75, 3.05) is 18.5 Å². The van der Waals surface area contributed by atoms with Crippen molar-refractivity contribution in [2.24, 2.45) is 0 Å². The lowest BCUT2D eigenvalue weighted by molar-refractivity contribution is 0.0965. The number of hydrogen-bond acceptors (Lipinski definition) is 3. The number of unbranched alkanes of at least 4 members (excludes halogenated alkanes) is 2. The first-order valence-electron chi connectivity index (χ1n) is 7.08. The van der Waals surface area contributed by atoms with Gasteiger partial charge in [-0.05, 0) is 30.5 Å². The number of urea groups is 1. The smallest absolute Gasteiger partial charge is 0.319 e. The van der Waals surface area contributed by atoms with E-state index in [1.807, 2.05) is 24.3 Å². The van der Waals surface area contributed by atoms with Crippen molar-refractivity contribution in [1.29, 1.82) is 0 Å². The van der Waals surface area contributed by atoms with Crippen molar-refractivity contribution in [3.8, 4) is 0 Å². The Morgan fingerprint density at radius 1 is 1.25 bits per heavy atom. The second kappa shape index (κ2) is 9.34. The standard InChI is InChI=1S/C15H24N2O3/c1-2-3-4-5-12-6-8-13(9-7-12)17-15(20)16-10-14(19)11-18/h6-9,14,18-19H,2-5,10-11H2,1H3,(H2,16,17,20)/t14-/m1/s1. The molecule has 0 bridgehead atoms. The van der Waals surface area contributed by atoms with Crippen LogP contribution in [-0.4, -0.2) is 35.5 Å². The number of aliphatic hydroxyl groups excluding tert-OH is 2. The Hall–Kier alpha value is -1.59. The molecule has 1 aromatic rings. The normalized spacial score (nSPS) is 11.9. The lowest BCUT2D eigenvalue weighted by Crippen LogP contribution is -2.36. The van der Waals surface area contributed by atoms with Crippen molar-refractivity contribution in [3.05, 3.63) is 29.8 Å². The first-order chi connectivity index (χ1) is 9.65. The number of nitrogens with one attached hydrogen (secondary N) is 2. The summed E-state index contributed by atoms with van der Waals surface area (Å²) in [4.78, 5) is 11.5. The Morgan fingerprint density at radius 3 is 2.55 bits per heavy atom. The number of carbonyl (C=O) groups is 1. The molecule has 1 rings (SSSR count). The van der Waals surface area contributed by atoms with Gasteiger partial charge in [0, 0.05) is 12.2 Å². The van der Waals surface area contributed by atoms with Gasteiger partial charge in [-0.25, -0.2) is 4.79 Å². The van der Waals surface area contributed by atoms with E-state index in [-0.39, 0.29) is 13.2 Å². The summed E-state index contributed by atoms with van der Waals surface area (Å²) in [5.41, 5.74) is 1.97. The zero-order valence-corrected chi connectivity index (χ0v) is 11.9. The van der Waals surface area contributed by atoms with Crippen molar-refractivity contribution in [2.45, 2.75) is 38.7 Å². The highest BCUT2D eigenvalue weighted by Gasteiger charge is 2.05. The SMILES string of the molecule is CCCCCc1ccc(NC(=O)NC[C@@H](O)CO)cc1. The van der Waals surface area contributed by atoms with Gasteiger partial charge in [-0.2, -0.15) is 0 Å². The molecular formula is C15H24N2O3. The molecule has 0 radical (unpaired) electrons. The fraction of sp³-hybridized carbons (Fsp3) is 0.533. The average Bonchev–Trinajstić information content (AvgIpc) is 2.47. The van der Waals surface area contributed by atoms with E-state index in [0.717, 1.165) is 6.42 Å². The molecule has 5 heteroatoms. The molecule has 2 amide bonds. The molecule has 1 aromatic carbocycles. The maximum absolute atomic E-state index is 11.5. The van der Waals surface area contributed by atoms with Gasteiger partial charge in [0.05, 0.1) is 12.7 Å². The summed E-state index contributed by atoms with van der Waals surface area (Å²) in [6, 6.07) is 7.35. The summed E-state index contributed by atoms with van der Waals surface area (Å²) >= 11 is 0. The van der Waals surface area contributed by atoms with E-state index in [1.165, 1.54) is 24.8 Å². The number of amides is 2. The number of carbonyl (C=O) groups excluding carboxylic acids is 1. The third-order valence-corrected chi connectivity index (χ3v) is 2.99. The van der Waals surface area contributed by atoms with E-state index in [9.17, 15) is 4.79 Å². The first-order valence-corrected chi connectivity index (χ1v) is 7.08. The number of benzene rings is 1. The first kappa shape index (κ1) is 16.5. The molecular weight excluding hydrogens is 256 g/mol. The second-order valence-electron chi connectivity index (χ2n) is 4.83. The number of aryl methyl sites for hydroxylation is 1. The summed E-state index contributed by atoms with van der Waals surface area (Å²) in [6.07, 6.45) is 3.75. The predicted octanol–water partition coefficient (Wildman–Crippen LogP) is 1.89. The minimum absolute atomic E-state index is 0.0252. The van der Waals surface area contributed by atoms with E-state index in [4.69, 9.17) is 10.2 Å². The van der Waals surface area contributed by atoms with Gasteiger partial charge in [0.2, 0.25) is 0 Å². The quantitative estimate of drug-likeness (QED) is 0.549. The van der Waals surface area contributed by atoms with Gasteiger partial charge in [-0.3, -0.25) is 0 Å². The van der Waals surface area contributed by atoms with Crippen LogP contribution in [0, 0.1) is 0 Å². The molecule has 4 N–H and O–H groups in total. The van der Waals surface area contributed by atoms with Gasteiger partial charge in [-0.1, -0.05) is 31.9 Å². The Balaban J connectivity index is 2.35. The maximum Gasteiger partial charge on any atom is 0.319 e. The molecule has 0 saturated carbocycles. The number of rotatable bonds is 8. The minimum atomic E-state index is -0.929. The highest BCUT2D eigenvalue weighted by molar-refractivity contribution is 5.89. The van der Waals surface area contributed by atoms with Crippen molar-refractivity contribution in [3.63, 3.8) is 0 Å².